The highest BCUT2D eigenvalue weighted by atomic mass is 79.9. The molecule has 6 nitrogen and oxygen atoms in total. The number of hydrogen-bond acceptors (Lipinski definition) is 3. The molecule has 1 fully saturated rings. The first-order valence-electron chi connectivity index (χ1n) is 9.56. The molecule has 1 saturated carbocycles. The predicted molar refractivity (Wildman–Crippen MR) is 116 cm³/mol. The molecule has 0 saturated heterocycles. The van der Waals surface area contributed by atoms with Crippen molar-refractivity contribution in [2.45, 2.75) is 39.2 Å². The van der Waals surface area contributed by atoms with E-state index in [-0.39, 0.29) is 30.1 Å². The zero-order chi connectivity index (χ0) is 21.0. The van der Waals surface area contributed by atoms with E-state index in [0.29, 0.717) is 11.4 Å². The Morgan fingerprint density at radius 2 is 1.76 bits per heavy atom. The summed E-state index contributed by atoms with van der Waals surface area (Å²) in [6, 6.07) is 12.5. The molecule has 29 heavy (non-hydrogen) atoms. The lowest BCUT2D eigenvalue weighted by molar-refractivity contribution is -0.120. The molecule has 2 aromatic carbocycles. The van der Waals surface area contributed by atoms with Crippen molar-refractivity contribution in [2.24, 2.45) is 5.92 Å². The van der Waals surface area contributed by atoms with Crippen LogP contribution in [0.1, 0.15) is 43.4 Å². The molecule has 0 bridgehead atoms. The number of anilines is 2. The first kappa shape index (κ1) is 21.0. The molecular formula is C22H24BrN3O3. The number of carbonyl (C=O) groups is 3. The fourth-order valence-corrected chi connectivity index (χ4v) is 3.27. The highest BCUT2D eigenvalue weighted by Gasteiger charge is 2.29. The second-order valence-electron chi connectivity index (χ2n) is 7.35. The van der Waals surface area contributed by atoms with Crippen LogP contribution in [0.2, 0.25) is 0 Å². The van der Waals surface area contributed by atoms with Gasteiger partial charge in [0.25, 0.3) is 0 Å². The minimum absolute atomic E-state index is 0.0205. The Morgan fingerprint density at radius 1 is 1.07 bits per heavy atom. The SMILES string of the molecule is CC(=O)NC(CC(=O)Nc1cc(NC(=O)C2CC2)ccc1C)c1ccc(Br)cc1. The standard InChI is InChI=1S/C22H24BrN3O3/c1-13-3-10-18(25-22(29)16-4-5-16)11-19(13)26-21(28)12-20(24-14(2)27)15-6-8-17(23)9-7-15/h3,6-11,16,20H,4-5,12H2,1-2H3,(H,24,27)(H,25,29)(H,26,28). The van der Waals surface area contributed by atoms with E-state index in [9.17, 15) is 14.4 Å². The highest BCUT2D eigenvalue weighted by Crippen LogP contribution is 2.31. The summed E-state index contributed by atoms with van der Waals surface area (Å²) >= 11 is 3.39. The van der Waals surface area contributed by atoms with E-state index in [1.165, 1.54) is 6.92 Å². The van der Waals surface area contributed by atoms with Crippen LogP contribution >= 0.6 is 15.9 Å². The van der Waals surface area contributed by atoms with Gasteiger partial charge in [-0.25, -0.2) is 0 Å². The van der Waals surface area contributed by atoms with Crippen LogP contribution in [0.15, 0.2) is 46.9 Å². The van der Waals surface area contributed by atoms with E-state index in [1.54, 1.807) is 6.07 Å². The predicted octanol–water partition coefficient (Wildman–Crippen LogP) is 4.31. The van der Waals surface area contributed by atoms with Gasteiger partial charge in [0.05, 0.1) is 12.5 Å². The number of halogens is 1. The zero-order valence-corrected chi connectivity index (χ0v) is 18.0. The van der Waals surface area contributed by atoms with Crippen LogP contribution in [0.5, 0.6) is 0 Å². The average Bonchev–Trinajstić information content (AvgIpc) is 3.49. The van der Waals surface area contributed by atoms with Crippen LogP contribution in [0.4, 0.5) is 11.4 Å². The number of rotatable bonds is 7. The second kappa shape index (κ2) is 9.22. The summed E-state index contributed by atoms with van der Waals surface area (Å²) in [5.41, 5.74) is 3.04. The van der Waals surface area contributed by atoms with Crippen molar-refractivity contribution >= 4 is 45.0 Å². The highest BCUT2D eigenvalue weighted by molar-refractivity contribution is 9.10. The lowest BCUT2D eigenvalue weighted by atomic mass is 10.0. The molecule has 7 heteroatoms. The van der Waals surface area contributed by atoms with Crippen LogP contribution in [0.25, 0.3) is 0 Å². The van der Waals surface area contributed by atoms with Gasteiger partial charge >= 0.3 is 0 Å². The normalized spacial score (nSPS) is 14.0. The topological polar surface area (TPSA) is 87.3 Å². The van der Waals surface area contributed by atoms with Gasteiger partial charge < -0.3 is 16.0 Å². The summed E-state index contributed by atoms with van der Waals surface area (Å²) in [6.07, 6.45) is 1.96. The first-order chi connectivity index (χ1) is 13.8. The Labute approximate surface area is 178 Å². The molecule has 0 spiro atoms. The fraction of sp³-hybridized carbons (Fsp3) is 0.318. The van der Waals surface area contributed by atoms with Crippen molar-refractivity contribution in [1.82, 2.24) is 5.32 Å². The van der Waals surface area contributed by atoms with Gasteiger partial charge in [-0.15, -0.1) is 0 Å². The molecule has 1 unspecified atom stereocenters. The lowest BCUT2D eigenvalue weighted by Crippen LogP contribution is -2.29. The number of hydrogen-bond donors (Lipinski definition) is 3. The molecule has 2 aromatic rings. The number of nitrogens with one attached hydrogen (secondary N) is 3. The van der Waals surface area contributed by atoms with Gasteiger partial charge in [-0.1, -0.05) is 34.1 Å². The molecule has 0 aliphatic heterocycles. The molecule has 152 valence electrons. The van der Waals surface area contributed by atoms with Crippen LogP contribution in [-0.2, 0) is 14.4 Å². The zero-order valence-electron chi connectivity index (χ0n) is 16.4. The Balaban J connectivity index is 1.69. The fourth-order valence-electron chi connectivity index (χ4n) is 3.00. The Morgan fingerprint density at radius 3 is 2.38 bits per heavy atom. The van der Waals surface area contributed by atoms with E-state index in [4.69, 9.17) is 0 Å². The largest absolute Gasteiger partial charge is 0.349 e. The molecule has 3 rings (SSSR count). The van der Waals surface area contributed by atoms with Crippen LogP contribution in [0, 0.1) is 12.8 Å². The van der Waals surface area contributed by atoms with Crippen molar-refractivity contribution in [3.8, 4) is 0 Å². The maximum absolute atomic E-state index is 12.7. The number of carbonyl (C=O) groups excluding carboxylic acids is 3. The van der Waals surface area contributed by atoms with Crippen LogP contribution in [-0.4, -0.2) is 17.7 Å². The molecule has 1 aliphatic rings. The van der Waals surface area contributed by atoms with E-state index in [0.717, 1.165) is 28.4 Å². The summed E-state index contributed by atoms with van der Waals surface area (Å²) in [5, 5.41) is 8.63. The lowest BCUT2D eigenvalue weighted by Gasteiger charge is -2.19. The van der Waals surface area contributed by atoms with Crippen molar-refractivity contribution in [2.75, 3.05) is 10.6 Å². The van der Waals surface area contributed by atoms with Crippen molar-refractivity contribution < 1.29 is 14.4 Å². The van der Waals surface area contributed by atoms with E-state index in [2.05, 4.69) is 31.9 Å². The maximum Gasteiger partial charge on any atom is 0.227 e. The third-order valence-corrected chi connectivity index (χ3v) is 5.30. The number of amides is 3. The molecular weight excluding hydrogens is 434 g/mol. The van der Waals surface area contributed by atoms with Crippen molar-refractivity contribution in [3.63, 3.8) is 0 Å². The Kier molecular flexibility index (Phi) is 6.69. The molecule has 3 N–H and O–H groups in total. The van der Waals surface area contributed by atoms with Gasteiger partial charge in [0.1, 0.15) is 0 Å². The minimum Gasteiger partial charge on any atom is -0.349 e. The van der Waals surface area contributed by atoms with Crippen LogP contribution in [0.3, 0.4) is 0 Å². The summed E-state index contributed by atoms with van der Waals surface area (Å²) in [4.78, 5) is 36.3. The molecule has 3 amide bonds. The second-order valence-corrected chi connectivity index (χ2v) is 8.27. The molecule has 0 heterocycles. The van der Waals surface area contributed by atoms with Gasteiger partial charge in [-0.3, -0.25) is 14.4 Å². The Hall–Kier alpha value is -2.67. The van der Waals surface area contributed by atoms with Gasteiger partial charge in [0.15, 0.2) is 0 Å². The molecule has 1 aliphatic carbocycles. The first-order valence-corrected chi connectivity index (χ1v) is 10.3. The number of aryl methyl sites for hydroxylation is 1. The molecule has 0 aromatic heterocycles. The summed E-state index contributed by atoms with van der Waals surface area (Å²) < 4.78 is 0.924. The summed E-state index contributed by atoms with van der Waals surface area (Å²) in [6.45, 7) is 3.32. The smallest absolute Gasteiger partial charge is 0.227 e. The van der Waals surface area contributed by atoms with E-state index >= 15 is 0 Å². The van der Waals surface area contributed by atoms with Crippen molar-refractivity contribution in [3.05, 3.63) is 58.1 Å². The number of benzene rings is 2. The molecule has 1 atom stereocenters. The van der Waals surface area contributed by atoms with Gasteiger partial charge in [0, 0.05) is 28.7 Å². The molecule has 0 radical (unpaired) electrons. The Bertz CT molecular complexity index is 923. The summed E-state index contributed by atoms with van der Waals surface area (Å²) in [5.74, 6) is -0.294. The van der Waals surface area contributed by atoms with E-state index in [1.807, 2.05) is 43.3 Å². The van der Waals surface area contributed by atoms with E-state index < -0.39 is 6.04 Å². The van der Waals surface area contributed by atoms with Gasteiger partial charge in [-0.2, -0.15) is 0 Å². The summed E-state index contributed by atoms with van der Waals surface area (Å²) in [7, 11) is 0. The van der Waals surface area contributed by atoms with Gasteiger partial charge in [0.2, 0.25) is 17.7 Å². The third-order valence-electron chi connectivity index (χ3n) is 4.77. The van der Waals surface area contributed by atoms with Crippen molar-refractivity contribution in [1.29, 1.82) is 0 Å². The van der Waals surface area contributed by atoms with Gasteiger partial charge in [-0.05, 0) is 55.2 Å². The van der Waals surface area contributed by atoms with Crippen LogP contribution < -0.4 is 16.0 Å². The quantitative estimate of drug-likeness (QED) is 0.578. The monoisotopic (exact) mass is 457 g/mol. The maximum atomic E-state index is 12.7. The minimum atomic E-state index is -0.432. The third kappa shape index (κ3) is 6.15. The average molecular weight is 458 g/mol.